The molecule has 1 N–H and O–H groups in total. The third kappa shape index (κ3) is 4.39. The summed E-state index contributed by atoms with van der Waals surface area (Å²) in [4.78, 5) is 27.8. The molecule has 0 unspecified atom stereocenters. The number of hydrogen-bond donors (Lipinski definition) is 1. The van der Waals surface area contributed by atoms with Crippen molar-refractivity contribution in [2.75, 3.05) is 50.1 Å². The van der Waals surface area contributed by atoms with Crippen LogP contribution in [0.1, 0.15) is 10.4 Å². The lowest BCUT2D eigenvalue weighted by Crippen LogP contribution is -2.36. The van der Waals surface area contributed by atoms with Crippen molar-refractivity contribution in [1.29, 1.82) is 0 Å². The predicted octanol–water partition coefficient (Wildman–Crippen LogP) is 1.83. The van der Waals surface area contributed by atoms with Gasteiger partial charge in [0.2, 0.25) is 5.91 Å². The zero-order valence-corrected chi connectivity index (χ0v) is 14.1. The molecule has 2 heterocycles. The maximum absolute atomic E-state index is 12.1. The summed E-state index contributed by atoms with van der Waals surface area (Å²) in [6.07, 6.45) is 2.79. The minimum absolute atomic E-state index is 0.0325. The van der Waals surface area contributed by atoms with Crippen LogP contribution < -0.4 is 10.2 Å². The van der Waals surface area contributed by atoms with Crippen molar-refractivity contribution in [3.63, 3.8) is 0 Å². The van der Waals surface area contributed by atoms with Gasteiger partial charge in [0.1, 0.15) is 6.26 Å². The van der Waals surface area contributed by atoms with E-state index in [0.717, 1.165) is 32.0 Å². The number of hydrogen-bond acceptors (Lipinski definition) is 5. The monoisotopic (exact) mass is 343 g/mol. The number of benzene rings is 1. The molecular formula is C18H21N3O4. The van der Waals surface area contributed by atoms with Crippen LogP contribution >= 0.6 is 0 Å². The third-order valence-corrected chi connectivity index (χ3v) is 4.02. The SMILES string of the molecule is CN(CC(=O)Nc1ccc(N2CCOCC2)cc1)C(=O)c1ccoc1. The highest BCUT2D eigenvalue weighted by atomic mass is 16.5. The Bertz CT molecular complexity index is 706. The number of furan rings is 1. The average molecular weight is 343 g/mol. The fourth-order valence-corrected chi connectivity index (χ4v) is 2.67. The van der Waals surface area contributed by atoms with Gasteiger partial charge in [0.25, 0.3) is 5.91 Å². The largest absolute Gasteiger partial charge is 0.472 e. The number of amides is 2. The van der Waals surface area contributed by atoms with Gasteiger partial charge in [0, 0.05) is 31.5 Å². The minimum atomic E-state index is -0.258. The molecule has 1 aliphatic heterocycles. The quantitative estimate of drug-likeness (QED) is 0.896. The maximum atomic E-state index is 12.1. The number of anilines is 2. The van der Waals surface area contributed by atoms with Crippen molar-refractivity contribution in [3.05, 3.63) is 48.4 Å². The first-order valence-electron chi connectivity index (χ1n) is 8.14. The van der Waals surface area contributed by atoms with Gasteiger partial charge in [-0.25, -0.2) is 0 Å². The van der Waals surface area contributed by atoms with Crippen molar-refractivity contribution in [2.24, 2.45) is 0 Å². The zero-order chi connectivity index (χ0) is 17.6. The van der Waals surface area contributed by atoms with Crippen molar-refractivity contribution in [2.45, 2.75) is 0 Å². The molecule has 1 aromatic heterocycles. The first-order chi connectivity index (χ1) is 12.1. The van der Waals surface area contributed by atoms with Gasteiger partial charge in [-0.1, -0.05) is 0 Å². The molecule has 0 spiro atoms. The number of rotatable bonds is 5. The Balaban J connectivity index is 1.53. The minimum Gasteiger partial charge on any atom is -0.472 e. The molecule has 0 bridgehead atoms. The Hall–Kier alpha value is -2.80. The molecule has 2 aromatic rings. The highest BCUT2D eigenvalue weighted by Crippen LogP contribution is 2.19. The van der Waals surface area contributed by atoms with Crippen LogP contribution in [0.4, 0.5) is 11.4 Å². The summed E-state index contributed by atoms with van der Waals surface area (Å²) in [6.45, 7) is 3.17. The standard InChI is InChI=1S/C18H21N3O4/c1-20(18(23)14-6-9-25-13-14)12-17(22)19-15-2-4-16(5-3-15)21-7-10-24-11-8-21/h2-6,9,13H,7-8,10-12H2,1H3,(H,19,22). The molecule has 132 valence electrons. The number of morpholine rings is 1. The van der Waals surface area contributed by atoms with E-state index in [2.05, 4.69) is 10.2 Å². The second-order valence-electron chi connectivity index (χ2n) is 5.87. The molecule has 1 aromatic carbocycles. The lowest BCUT2D eigenvalue weighted by atomic mass is 10.2. The Labute approximate surface area is 146 Å². The fraction of sp³-hybridized carbons (Fsp3) is 0.333. The van der Waals surface area contributed by atoms with Gasteiger partial charge >= 0.3 is 0 Å². The lowest BCUT2D eigenvalue weighted by Gasteiger charge is -2.28. The number of likely N-dealkylation sites (N-methyl/N-ethyl adjacent to an activating group) is 1. The molecule has 7 nitrogen and oxygen atoms in total. The van der Waals surface area contributed by atoms with Crippen LogP contribution in [-0.2, 0) is 9.53 Å². The van der Waals surface area contributed by atoms with E-state index in [1.165, 1.54) is 17.4 Å². The van der Waals surface area contributed by atoms with Crippen LogP contribution in [0.5, 0.6) is 0 Å². The molecule has 0 saturated carbocycles. The summed E-state index contributed by atoms with van der Waals surface area (Å²) < 4.78 is 10.2. The molecule has 2 amide bonds. The Kier molecular flexibility index (Phi) is 5.35. The van der Waals surface area contributed by atoms with E-state index < -0.39 is 0 Å². The van der Waals surface area contributed by atoms with E-state index in [1.54, 1.807) is 13.1 Å². The van der Waals surface area contributed by atoms with Gasteiger partial charge in [0.05, 0.1) is 31.6 Å². The van der Waals surface area contributed by atoms with E-state index >= 15 is 0 Å². The van der Waals surface area contributed by atoms with Gasteiger partial charge in [0.15, 0.2) is 0 Å². The van der Waals surface area contributed by atoms with Crippen LogP contribution in [0, 0.1) is 0 Å². The first kappa shape index (κ1) is 17.0. The van der Waals surface area contributed by atoms with Crippen LogP contribution in [0.15, 0.2) is 47.3 Å². The van der Waals surface area contributed by atoms with Gasteiger partial charge in [-0.15, -0.1) is 0 Å². The topological polar surface area (TPSA) is 75.0 Å². The summed E-state index contributed by atoms with van der Waals surface area (Å²) in [6, 6.07) is 9.24. The van der Waals surface area contributed by atoms with E-state index in [9.17, 15) is 9.59 Å². The normalized spacial score (nSPS) is 14.2. The Morgan fingerprint density at radius 1 is 1.16 bits per heavy atom. The van der Waals surface area contributed by atoms with Gasteiger partial charge in [-0.05, 0) is 30.3 Å². The van der Waals surface area contributed by atoms with Crippen molar-refractivity contribution in [1.82, 2.24) is 4.90 Å². The Morgan fingerprint density at radius 2 is 1.88 bits per heavy atom. The molecule has 0 atom stereocenters. The van der Waals surface area contributed by atoms with Crippen molar-refractivity contribution < 1.29 is 18.7 Å². The summed E-state index contributed by atoms with van der Waals surface area (Å²) in [5.74, 6) is -0.509. The van der Waals surface area contributed by atoms with Crippen LogP contribution in [-0.4, -0.2) is 56.6 Å². The molecular weight excluding hydrogens is 322 g/mol. The van der Waals surface area contributed by atoms with Crippen molar-refractivity contribution >= 4 is 23.2 Å². The molecule has 25 heavy (non-hydrogen) atoms. The predicted molar refractivity (Wildman–Crippen MR) is 93.8 cm³/mol. The van der Waals surface area contributed by atoms with Crippen LogP contribution in [0.25, 0.3) is 0 Å². The molecule has 3 rings (SSSR count). The Morgan fingerprint density at radius 3 is 2.52 bits per heavy atom. The van der Waals surface area contributed by atoms with E-state index in [-0.39, 0.29) is 18.4 Å². The van der Waals surface area contributed by atoms with E-state index in [1.807, 2.05) is 24.3 Å². The van der Waals surface area contributed by atoms with E-state index in [0.29, 0.717) is 11.3 Å². The second kappa shape index (κ2) is 7.85. The van der Waals surface area contributed by atoms with Crippen molar-refractivity contribution in [3.8, 4) is 0 Å². The van der Waals surface area contributed by atoms with Gasteiger partial charge in [-0.2, -0.15) is 0 Å². The molecule has 0 aliphatic carbocycles. The lowest BCUT2D eigenvalue weighted by molar-refractivity contribution is -0.116. The molecule has 1 aliphatic rings. The zero-order valence-electron chi connectivity index (χ0n) is 14.1. The number of nitrogens with one attached hydrogen (secondary N) is 1. The smallest absolute Gasteiger partial charge is 0.257 e. The maximum Gasteiger partial charge on any atom is 0.257 e. The molecule has 1 fully saturated rings. The second-order valence-corrected chi connectivity index (χ2v) is 5.87. The number of carbonyl (C=O) groups excluding carboxylic acids is 2. The average Bonchev–Trinajstić information content (AvgIpc) is 3.17. The van der Waals surface area contributed by atoms with Gasteiger partial charge < -0.3 is 24.3 Å². The van der Waals surface area contributed by atoms with Crippen LogP contribution in [0.3, 0.4) is 0 Å². The first-order valence-corrected chi connectivity index (χ1v) is 8.14. The fourth-order valence-electron chi connectivity index (χ4n) is 2.67. The van der Waals surface area contributed by atoms with Crippen LogP contribution in [0.2, 0.25) is 0 Å². The van der Waals surface area contributed by atoms with Gasteiger partial charge in [-0.3, -0.25) is 9.59 Å². The molecule has 1 saturated heterocycles. The summed E-state index contributed by atoms with van der Waals surface area (Å²) in [5.41, 5.74) is 2.23. The third-order valence-electron chi connectivity index (χ3n) is 4.02. The summed E-state index contributed by atoms with van der Waals surface area (Å²) in [5, 5.41) is 2.80. The summed E-state index contributed by atoms with van der Waals surface area (Å²) in [7, 11) is 1.58. The number of carbonyl (C=O) groups is 2. The molecule has 0 radical (unpaired) electrons. The highest BCUT2D eigenvalue weighted by molar-refractivity contribution is 5.99. The number of ether oxygens (including phenoxy) is 1. The highest BCUT2D eigenvalue weighted by Gasteiger charge is 2.16. The van der Waals surface area contributed by atoms with E-state index in [4.69, 9.17) is 9.15 Å². The number of nitrogens with zero attached hydrogens (tertiary/aromatic N) is 2. The molecule has 7 heteroatoms. The summed E-state index contributed by atoms with van der Waals surface area (Å²) >= 11 is 0.